The zero-order chi connectivity index (χ0) is 32.0. The van der Waals surface area contributed by atoms with Crippen LogP contribution in [0, 0.1) is 0 Å². The van der Waals surface area contributed by atoms with E-state index in [2.05, 4.69) is 10.1 Å². The van der Waals surface area contributed by atoms with Crippen molar-refractivity contribution in [3.8, 4) is 17.5 Å². The molecule has 5 aromatic rings. The Morgan fingerprint density at radius 2 is 1.67 bits per heavy atom. The van der Waals surface area contributed by atoms with Crippen molar-refractivity contribution >= 4 is 57.7 Å². The summed E-state index contributed by atoms with van der Waals surface area (Å²) in [5.41, 5.74) is 2.22. The first-order chi connectivity index (χ1) is 21.6. The van der Waals surface area contributed by atoms with Gasteiger partial charge in [0.05, 0.1) is 30.6 Å². The maximum absolute atomic E-state index is 13.3. The molecule has 0 aliphatic carbocycles. The minimum absolute atomic E-state index is 0.0335. The monoisotopic (exact) mass is 644 g/mol. The molecule has 0 N–H and O–H groups in total. The Labute approximate surface area is 266 Å². The summed E-state index contributed by atoms with van der Waals surface area (Å²) in [5.74, 6) is 0.378. The fourth-order valence-electron chi connectivity index (χ4n) is 5.02. The smallest absolute Gasteiger partial charge is 0.332 e. The molecule has 11 nitrogen and oxygen atoms in total. The van der Waals surface area contributed by atoms with Gasteiger partial charge < -0.3 is 9.47 Å². The van der Waals surface area contributed by atoms with E-state index in [1.165, 1.54) is 30.8 Å². The number of halogens is 2. The van der Waals surface area contributed by atoms with Crippen LogP contribution in [0.4, 0.5) is 5.69 Å². The molecule has 1 aliphatic rings. The molecule has 228 valence electrons. The topological polar surface area (TPSA) is 113 Å². The third-order valence-electron chi connectivity index (χ3n) is 7.42. The number of carbonyl (C=O) groups excluding carboxylic acids is 1. The second kappa shape index (κ2) is 11.8. The van der Waals surface area contributed by atoms with Gasteiger partial charge in [0, 0.05) is 24.1 Å². The molecule has 0 saturated heterocycles. The molecule has 0 fully saturated rings. The maximum Gasteiger partial charge on any atom is 0.332 e. The molecule has 3 heterocycles. The molecule has 45 heavy (non-hydrogen) atoms. The van der Waals surface area contributed by atoms with Gasteiger partial charge >= 0.3 is 11.7 Å². The van der Waals surface area contributed by atoms with Crippen LogP contribution < -0.4 is 25.7 Å². The molecule has 2 aromatic heterocycles. The summed E-state index contributed by atoms with van der Waals surface area (Å²) in [6.45, 7) is 1.87. The van der Waals surface area contributed by atoms with Crippen LogP contribution >= 0.6 is 23.2 Å². The molecule has 0 bridgehead atoms. The van der Waals surface area contributed by atoms with Gasteiger partial charge in [-0.1, -0.05) is 53.5 Å². The van der Waals surface area contributed by atoms with E-state index in [9.17, 15) is 14.4 Å². The van der Waals surface area contributed by atoms with Crippen LogP contribution in [-0.2, 0) is 25.4 Å². The van der Waals surface area contributed by atoms with Crippen molar-refractivity contribution in [3.63, 3.8) is 0 Å². The van der Waals surface area contributed by atoms with Crippen molar-refractivity contribution in [2.45, 2.75) is 13.5 Å². The third kappa shape index (κ3) is 5.41. The molecular weight excluding hydrogens is 619 g/mol. The molecule has 0 saturated carbocycles. The molecule has 1 amide bonds. The van der Waals surface area contributed by atoms with Gasteiger partial charge in [0.15, 0.2) is 22.7 Å². The highest BCUT2D eigenvalue weighted by atomic mass is 35.5. The average molecular weight is 646 g/mol. The first kappa shape index (κ1) is 29.9. The van der Waals surface area contributed by atoms with Crippen molar-refractivity contribution in [1.82, 2.24) is 18.7 Å². The van der Waals surface area contributed by atoms with E-state index in [-0.39, 0.29) is 35.4 Å². The van der Waals surface area contributed by atoms with Crippen LogP contribution in [0.3, 0.4) is 0 Å². The molecule has 0 radical (unpaired) electrons. The SMILES string of the molecule is COc1cc(C=C2C(=O)N(c3ccccc3)N=C2C)ccc1Oc1nc2c(c(=O)n(C)c(=O)n2C)n1Cc1ccc(Cl)cc1Cl. The number of hydrogen-bond acceptors (Lipinski definition) is 7. The summed E-state index contributed by atoms with van der Waals surface area (Å²) >= 11 is 12.6. The van der Waals surface area contributed by atoms with Crippen molar-refractivity contribution in [3.05, 3.63) is 114 Å². The number of methoxy groups -OCH3 is 1. The number of hydrazone groups is 1. The number of ether oxygens (including phenoxy) is 2. The Bertz CT molecular complexity index is 2180. The second-order valence-corrected chi connectivity index (χ2v) is 11.1. The zero-order valence-electron chi connectivity index (χ0n) is 24.6. The summed E-state index contributed by atoms with van der Waals surface area (Å²) in [6, 6.07) is 19.4. The number of rotatable bonds is 7. The van der Waals surface area contributed by atoms with Gasteiger partial charge in [0.2, 0.25) is 0 Å². The number of hydrogen-bond donors (Lipinski definition) is 0. The van der Waals surface area contributed by atoms with E-state index in [4.69, 9.17) is 32.7 Å². The number of aryl methyl sites for hydroxylation is 1. The molecule has 6 rings (SSSR count). The number of imidazole rings is 1. The highest BCUT2D eigenvalue weighted by molar-refractivity contribution is 6.35. The predicted molar refractivity (Wildman–Crippen MR) is 174 cm³/mol. The number of nitrogens with zero attached hydrogens (tertiary/aromatic N) is 6. The lowest BCUT2D eigenvalue weighted by atomic mass is 10.1. The van der Waals surface area contributed by atoms with Gasteiger partial charge in [-0.05, 0) is 60.5 Å². The summed E-state index contributed by atoms with van der Waals surface area (Å²) in [7, 11) is 4.41. The standard InChI is InChI=1S/C32H26Cl2N6O5/c1-18-23(29(41)40(36-18)22-8-6-5-7-9-22)14-19-10-13-25(26(15-19)44-4)45-31-35-28-27(30(42)38(3)32(43)37(28)2)39(31)17-20-11-12-21(33)16-24(20)34/h5-16H,17H2,1-4H3. The van der Waals surface area contributed by atoms with Crippen LogP contribution in [-0.4, -0.2) is 37.4 Å². The highest BCUT2D eigenvalue weighted by Gasteiger charge is 2.29. The van der Waals surface area contributed by atoms with Crippen LogP contribution in [0.5, 0.6) is 17.5 Å². The van der Waals surface area contributed by atoms with Crippen LogP contribution in [0.15, 0.2) is 87.0 Å². The Morgan fingerprint density at radius 1 is 0.911 bits per heavy atom. The summed E-state index contributed by atoms with van der Waals surface area (Å²) in [5, 5.41) is 6.65. The van der Waals surface area contributed by atoms with Gasteiger partial charge in [-0.2, -0.15) is 15.1 Å². The summed E-state index contributed by atoms with van der Waals surface area (Å²) in [6.07, 6.45) is 1.73. The second-order valence-electron chi connectivity index (χ2n) is 10.3. The number of amides is 1. The van der Waals surface area contributed by atoms with E-state index in [0.717, 1.165) is 4.57 Å². The lowest BCUT2D eigenvalue weighted by Crippen LogP contribution is -2.37. The Balaban J connectivity index is 1.40. The largest absolute Gasteiger partial charge is 0.493 e. The maximum atomic E-state index is 13.3. The highest BCUT2D eigenvalue weighted by Crippen LogP contribution is 2.35. The number of aromatic nitrogens is 4. The fourth-order valence-corrected chi connectivity index (χ4v) is 5.49. The number of anilines is 1. The Hall–Kier alpha value is -5.13. The summed E-state index contributed by atoms with van der Waals surface area (Å²) in [4.78, 5) is 43.8. The first-order valence-corrected chi connectivity index (χ1v) is 14.5. The predicted octanol–water partition coefficient (Wildman–Crippen LogP) is 5.40. The Kier molecular flexibility index (Phi) is 7.81. The Morgan fingerprint density at radius 3 is 2.38 bits per heavy atom. The summed E-state index contributed by atoms with van der Waals surface area (Å²) < 4.78 is 15.7. The van der Waals surface area contributed by atoms with Crippen molar-refractivity contribution in [2.75, 3.05) is 12.1 Å². The number of para-hydroxylation sites is 1. The normalized spacial score (nSPS) is 14.0. The number of fused-ring (bicyclic) bond motifs is 1. The molecule has 0 unspecified atom stereocenters. The molecular formula is C32H26Cl2N6O5. The molecule has 0 spiro atoms. The van der Waals surface area contributed by atoms with E-state index < -0.39 is 11.2 Å². The van der Waals surface area contributed by atoms with Crippen molar-refractivity contribution < 1.29 is 14.3 Å². The van der Waals surface area contributed by atoms with Crippen LogP contribution in [0.25, 0.3) is 17.2 Å². The van der Waals surface area contributed by atoms with E-state index in [1.807, 2.05) is 30.3 Å². The van der Waals surface area contributed by atoms with E-state index in [1.54, 1.807) is 54.0 Å². The minimum atomic E-state index is -0.544. The molecule has 1 aliphatic heterocycles. The number of benzene rings is 3. The van der Waals surface area contributed by atoms with Gasteiger partial charge in [0.1, 0.15) is 0 Å². The first-order valence-electron chi connectivity index (χ1n) is 13.7. The minimum Gasteiger partial charge on any atom is -0.493 e. The van der Waals surface area contributed by atoms with E-state index >= 15 is 0 Å². The molecule has 3 aromatic carbocycles. The lowest BCUT2D eigenvalue weighted by Gasteiger charge is -2.14. The number of carbonyl (C=O) groups is 1. The zero-order valence-corrected chi connectivity index (χ0v) is 26.1. The molecule has 0 atom stereocenters. The lowest BCUT2D eigenvalue weighted by molar-refractivity contribution is -0.114. The van der Waals surface area contributed by atoms with Crippen LogP contribution in [0.1, 0.15) is 18.1 Å². The van der Waals surface area contributed by atoms with Crippen LogP contribution in [0.2, 0.25) is 10.0 Å². The van der Waals surface area contributed by atoms with Crippen molar-refractivity contribution in [2.24, 2.45) is 19.2 Å². The fraction of sp³-hybridized carbons (Fsp3) is 0.156. The van der Waals surface area contributed by atoms with Gasteiger partial charge in [-0.25, -0.2) is 4.79 Å². The van der Waals surface area contributed by atoms with Gasteiger partial charge in [-0.3, -0.25) is 23.3 Å². The quantitative estimate of drug-likeness (QED) is 0.219. The van der Waals surface area contributed by atoms with E-state index in [0.29, 0.717) is 43.9 Å². The molecule has 13 heteroatoms. The van der Waals surface area contributed by atoms with Gasteiger partial charge in [0.25, 0.3) is 11.5 Å². The van der Waals surface area contributed by atoms with Crippen molar-refractivity contribution in [1.29, 1.82) is 0 Å². The van der Waals surface area contributed by atoms with Gasteiger partial charge in [-0.15, -0.1) is 0 Å². The average Bonchev–Trinajstić information content (AvgIpc) is 3.53. The third-order valence-corrected chi connectivity index (χ3v) is 8.01.